The molecule has 148 valence electrons. The molecular formula is C19H22BrN5O2S. The van der Waals surface area contributed by atoms with Gasteiger partial charge in [-0.3, -0.25) is 9.69 Å². The summed E-state index contributed by atoms with van der Waals surface area (Å²) < 4.78 is 2.51. The second kappa shape index (κ2) is 7.81. The van der Waals surface area contributed by atoms with Crippen LogP contribution in [0.25, 0.3) is 4.96 Å². The summed E-state index contributed by atoms with van der Waals surface area (Å²) >= 11 is 5.01. The number of aromatic nitrogens is 3. The number of aryl methyl sites for hydroxylation is 1. The minimum atomic E-state index is -0.229. The molecule has 1 amide bonds. The Morgan fingerprint density at radius 2 is 2.18 bits per heavy atom. The molecule has 4 rings (SSSR count). The normalized spacial score (nSPS) is 17.2. The maximum atomic E-state index is 11.6. The number of rotatable bonds is 5. The van der Waals surface area contributed by atoms with Crippen LogP contribution in [0.15, 0.2) is 28.7 Å². The lowest BCUT2D eigenvalue weighted by Crippen LogP contribution is -2.40. The van der Waals surface area contributed by atoms with Crippen molar-refractivity contribution in [3.8, 4) is 5.88 Å². The van der Waals surface area contributed by atoms with E-state index in [1.54, 1.807) is 0 Å². The van der Waals surface area contributed by atoms with E-state index in [1.807, 2.05) is 19.1 Å². The van der Waals surface area contributed by atoms with Crippen LogP contribution in [0, 0.1) is 5.92 Å². The lowest BCUT2D eigenvalue weighted by Gasteiger charge is -2.36. The van der Waals surface area contributed by atoms with Crippen LogP contribution in [-0.2, 0) is 11.2 Å². The molecule has 9 heteroatoms. The first kappa shape index (κ1) is 19.4. The van der Waals surface area contributed by atoms with Gasteiger partial charge in [0.05, 0.1) is 10.9 Å². The monoisotopic (exact) mass is 463 g/mol. The SMILES string of the molecule is CCc1nc2sc([C@H](c3cccc(Br)c3)N3CCC(C(N)=O)CC3)c(O)n2n1. The van der Waals surface area contributed by atoms with Crippen molar-refractivity contribution >= 4 is 38.1 Å². The van der Waals surface area contributed by atoms with Gasteiger partial charge in [0.1, 0.15) is 0 Å². The number of likely N-dealkylation sites (tertiary alicyclic amines) is 1. The molecule has 0 bridgehead atoms. The van der Waals surface area contributed by atoms with Crippen molar-refractivity contribution in [3.05, 3.63) is 45.0 Å². The molecule has 3 heterocycles. The number of hydrogen-bond acceptors (Lipinski definition) is 6. The third-order valence-corrected chi connectivity index (χ3v) is 6.84. The van der Waals surface area contributed by atoms with Crippen LogP contribution in [0.2, 0.25) is 0 Å². The van der Waals surface area contributed by atoms with E-state index in [0.717, 1.165) is 53.1 Å². The quantitative estimate of drug-likeness (QED) is 0.605. The molecule has 7 nitrogen and oxygen atoms in total. The fourth-order valence-corrected chi connectivity index (χ4v) is 5.32. The zero-order valence-electron chi connectivity index (χ0n) is 15.5. The zero-order chi connectivity index (χ0) is 19.8. The largest absolute Gasteiger partial charge is 0.492 e. The Bertz CT molecular complexity index is 1010. The maximum Gasteiger partial charge on any atom is 0.230 e. The highest BCUT2D eigenvalue weighted by molar-refractivity contribution is 9.10. The van der Waals surface area contributed by atoms with Gasteiger partial charge >= 0.3 is 0 Å². The Kier molecular flexibility index (Phi) is 5.39. The van der Waals surface area contributed by atoms with Crippen LogP contribution in [0.3, 0.4) is 0 Å². The Morgan fingerprint density at radius 1 is 1.43 bits per heavy atom. The summed E-state index contributed by atoms with van der Waals surface area (Å²) in [6.45, 7) is 3.46. The van der Waals surface area contributed by atoms with E-state index in [0.29, 0.717) is 4.96 Å². The summed E-state index contributed by atoms with van der Waals surface area (Å²) in [5.41, 5.74) is 6.57. The van der Waals surface area contributed by atoms with Gasteiger partial charge in [-0.1, -0.05) is 46.3 Å². The number of thiazole rings is 1. The first-order valence-electron chi connectivity index (χ1n) is 9.34. The molecule has 0 aliphatic carbocycles. The second-order valence-corrected chi connectivity index (χ2v) is 8.96. The fraction of sp³-hybridized carbons (Fsp3) is 0.421. The predicted molar refractivity (Wildman–Crippen MR) is 111 cm³/mol. The smallest absolute Gasteiger partial charge is 0.230 e. The average Bonchev–Trinajstić information content (AvgIpc) is 3.22. The number of nitrogens with zero attached hydrogens (tertiary/aromatic N) is 4. The van der Waals surface area contributed by atoms with Crippen LogP contribution in [-0.4, -0.2) is 43.6 Å². The number of amides is 1. The van der Waals surface area contributed by atoms with Crippen molar-refractivity contribution in [2.24, 2.45) is 11.7 Å². The first-order chi connectivity index (χ1) is 13.5. The predicted octanol–water partition coefficient (Wildman–Crippen LogP) is 3.11. The highest BCUT2D eigenvalue weighted by Crippen LogP contribution is 2.41. The van der Waals surface area contributed by atoms with Crippen molar-refractivity contribution in [1.29, 1.82) is 0 Å². The van der Waals surface area contributed by atoms with E-state index >= 15 is 0 Å². The molecule has 2 aromatic heterocycles. The molecule has 1 fully saturated rings. The van der Waals surface area contributed by atoms with Gasteiger partial charge in [0, 0.05) is 16.8 Å². The fourth-order valence-electron chi connectivity index (χ4n) is 3.77. The molecule has 1 aliphatic rings. The van der Waals surface area contributed by atoms with Gasteiger partial charge in [0.15, 0.2) is 5.82 Å². The van der Waals surface area contributed by atoms with Crippen LogP contribution >= 0.6 is 27.3 Å². The second-order valence-electron chi connectivity index (χ2n) is 7.04. The highest BCUT2D eigenvalue weighted by Gasteiger charge is 2.33. The Labute approximate surface area is 175 Å². The Hall–Kier alpha value is -1.97. The van der Waals surface area contributed by atoms with Crippen molar-refractivity contribution in [3.63, 3.8) is 0 Å². The van der Waals surface area contributed by atoms with Crippen LogP contribution < -0.4 is 5.73 Å². The van der Waals surface area contributed by atoms with Crippen molar-refractivity contribution < 1.29 is 9.90 Å². The zero-order valence-corrected chi connectivity index (χ0v) is 17.9. The van der Waals surface area contributed by atoms with Crippen LogP contribution in [0.5, 0.6) is 5.88 Å². The van der Waals surface area contributed by atoms with Crippen LogP contribution in [0.4, 0.5) is 0 Å². The minimum absolute atomic E-state index is 0.0811. The van der Waals surface area contributed by atoms with E-state index in [1.165, 1.54) is 15.9 Å². The van der Waals surface area contributed by atoms with Gasteiger partial charge in [-0.05, 0) is 43.6 Å². The summed E-state index contributed by atoms with van der Waals surface area (Å²) in [6, 6.07) is 7.96. The summed E-state index contributed by atoms with van der Waals surface area (Å²) in [5, 5.41) is 15.3. The number of carbonyl (C=O) groups is 1. The molecular weight excluding hydrogens is 442 g/mol. The maximum absolute atomic E-state index is 11.6. The standard InChI is InChI=1S/C19H22BrN5O2S/c1-2-14-22-19-25(23-14)18(27)16(28-19)15(12-4-3-5-13(20)10-12)24-8-6-11(7-9-24)17(21)26/h3-5,10-11,15,27H,2,6-9H2,1H3,(H2,21,26)/t15-/m0/s1. The van der Waals surface area contributed by atoms with E-state index in [2.05, 4.69) is 43.0 Å². The topological polar surface area (TPSA) is 96.8 Å². The third-order valence-electron chi connectivity index (χ3n) is 5.27. The van der Waals surface area contributed by atoms with E-state index in [9.17, 15) is 9.90 Å². The number of fused-ring (bicyclic) bond motifs is 1. The Morgan fingerprint density at radius 3 is 2.79 bits per heavy atom. The molecule has 1 aliphatic heterocycles. The number of aromatic hydroxyl groups is 1. The van der Waals surface area contributed by atoms with Crippen molar-refractivity contribution in [2.45, 2.75) is 32.2 Å². The minimum Gasteiger partial charge on any atom is -0.492 e. The van der Waals surface area contributed by atoms with Gasteiger partial charge in [-0.2, -0.15) is 4.52 Å². The summed E-state index contributed by atoms with van der Waals surface area (Å²) in [7, 11) is 0. The summed E-state index contributed by atoms with van der Waals surface area (Å²) in [5.74, 6) is 0.540. The molecule has 0 spiro atoms. The molecule has 3 N–H and O–H groups in total. The number of carbonyl (C=O) groups excluding carboxylic acids is 1. The van der Waals surface area contributed by atoms with Gasteiger partial charge in [0.2, 0.25) is 16.7 Å². The molecule has 0 saturated carbocycles. The summed E-state index contributed by atoms with van der Waals surface area (Å²) in [6.07, 6.45) is 2.17. The molecule has 1 saturated heterocycles. The van der Waals surface area contributed by atoms with Gasteiger partial charge in [-0.15, -0.1) is 5.10 Å². The molecule has 1 aromatic carbocycles. The number of nitrogens with two attached hydrogens (primary N) is 1. The lowest BCUT2D eigenvalue weighted by molar-refractivity contribution is -0.123. The number of piperidine rings is 1. The first-order valence-corrected chi connectivity index (χ1v) is 10.9. The van der Waals surface area contributed by atoms with E-state index in [-0.39, 0.29) is 23.7 Å². The van der Waals surface area contributed by atoms with E-state index < -0.39 is 0 Å². The lowest BCUT2D eigenvalue weighted by atomic mass is 9.93. The van der Waals surface area contributed by atoms with Gasteiger partial charge < -0.3 is 10.8 Å². The van der Waals surface area contributed by atoms with Crippen LogP contribution in [0.1, 0.15) is 42.1 Å². The number of halogens is 1. The van der Waals surface area contributed by atoms with Gasteiger partial charge in [-0.25, -0.2) is 4.98 Å². The number of hydrogen-bond donors (Lipinski definition) is 2. The van der Waals surface area contributed by atoms with Crippen molar-refractivity contribution in [2.75, 3.05) is 13.1 Å². The highest BCUT2D eigenvalue weighted by atomic mass is 79.9. The summed E-state index contributed by atoms with van der Waals surface area (Å²) in [4.78, 5) is 19.9. The number of primary amides is 1. The molecule has 28 heavy (non-hydrogen) atoms. The number of benzene rings is 1. The van der Waals surface area contributed by atoms with Gasteiger partial charge in [0.25, 0.3) is 0 Å². The molecule has 3 aromatic rings. The van der Waals surface area contributed by atoms with E-state index in [4.69, 9.17) is 5.73 Å². The Balaban J connectivity index is 1.74. The molecule has 0 unspecified atom stereocenters. The van der Waals surface area contributed by atoms with Crippen molar-refractivity contribution in [1.82, 2.24) is 19.5 Å². The third kappa shape index (κ3) is 3.54. The molecule has 0 radical (unpaired) electrons. The average molecular weight is 464 g/mol. The molecule has 1 atom stereocenters.